The Morgan fingerprint density at radius 1 is 1.17 bits per heavy atom. The van der Waals surface area contributed by atoms with Crippen LogP contribution in [0.25, 0.3) is 11.3 Å². The second-order valence-corrected chi connectivity index (χ2v) is 6.03. The minimum Gasteiger partial charge on any atom is -0.349 e. The van der Waals surface area contributed by atoms with Crippen molar-refractivity contribution in [2.24, 2.45) is 5.73 Å². The van der Waals surface area contributed by atoms with Gasteiger partial charge in [0, 0.05) is 23.8 Å². The second kappa shape index (κ2) is 6.87. The Labute approximate surface area is 134 Å². The van der Waals surface area contributed by atoms with Gasteiger partial charge in [-0.15, -0.1) is 0 Å². The molecule has 1 aliphatic rings. The Morgan fingerprint density at radius 2 is 1.96 bits per heavy atom. The van der Waals surface area contributed by atoms with Crippen LogP contribution >= 0.6 is 0 Å². The maximum absolute atomic E-state index is 13.2. The molecule has 0 bridgehead atoms. The van der Waals surface area contributed by atoms with Crippen molar-refractivity contribution >= 4 is 5.91 Å². The highest BCUT2D eigenvalue weighted by Crippen LogP contribution is 2.19. The topological polar surface area (TPSA) is 68.0 Å². The van der Waals surface area contributed by atoms with Gasteiger partial charge >= 0.3 is 0 Å². The fourth-order valence-electron chi connectivity index (χ4n) is 2.88. The molecule has 0 unspecified atom stereocenters. The Balaban J connectivity index is 1.66. The van der Waals surface area contributed by atoms with Crippen LogP contribution < -0.4 is 11.1 Å². The highest BCUT2D eigenvalue weighted by molar-refractivity contribution is 5.94. The Bertz CT molecular complexity index is 679. The summed E-state index contributed by atoms with van der Waals surface area (Å²) in [5, 5.41) is 3.03. The van der Waals surface area contributed by atoms with Gasteiger partial charge in [0.15, 0.2) is 0 Å². The first-order valence-electron chi connectivity index (χ1n) is 7.90. The first kappa shape index (κ1) is 15.6. The number of hydrogen-bond acceptors (Lipinski definition) is 3. The van der Waals surface area contributed by atoms with Crippen molar-refractivity contribution in [2.75, 3.05) is 0 Å². The van der Waals surface area contributed by atoms with E-state index in [1.54, 1.807) is 24.3 Å². The van der Waals surface area contributed by atoms with Gasteiger partial charge in [-0.2, -0.15) is 0 Å². The van der Waals surface area contributed by atoms with E-state index in [0.717, 1.165) is 25.7 Å². The SMILES string of the molecule is NC1CCC(NC(=O)c2ccc(-c3cccc(F)c3)nc2)CC1. The van der Waals surface area contributed by atoms with Crippen molar-refractivity contribution < 1.29 is 9.18 Å². The smallest absolute Gasteiger partial charge is 0.253 e. The highest BCUT2D eigenvalue weighted by Gasteiger charge is 2.20. The highest BCUT2D eigenvalue weighted by atomic mass is 19.1. The number of rotatable bonds is 3. The van der Waals surface area contributed by atoms with Crippen molar-refractivity contribution in [2.45, 2.75) is 37.8 Å². The molecule has 1 fully saturated rings. The molecule has 1 aromatic carbocycles. The van der Waals surface area contributed by atoms with Gasteiger partial charge in [-0.3, -0.25) is 9.78 Å². The summed E-state index contributed by atoms with van der Waals surface area (Å²) in [6.07, 6.45) is 5.26. The molecule has 5 heteroatoms. The van der Waals surface area contributed by atoms with Crippen LogP contribution in [0.2, 0.25) is 0 Å². The number of halogens is 1. The normalized spacial score (nSPS) is 21.0. The van der Waals surface area contributed by atoms with Crippen LogP contribution in [0.4, 0.5) is 4.39 Å². The van der Waals surface area contributed by atoms with E-state index in [2.05, 4.69) is 10.3 Å². The van der Waals surface area contributed by atoms with Crippen LogP contribution in [0, 0.1) is 5.82 Å². The molecule has 0 saturated heterocycles. The molecule has 3 N–H and O–H groups in total. The lowest BCUT2D eigenvalue weighted by Gasteiger charge is -2.26. The third kappa shape index (κ3) is 3.93. The van der Waals surface area contributed by atoms with Crippen LogP contribution in [0.5, 0.6) is 0 Å². The minimum atomic E-state index is -0.304. The Morgan fingerprint density at radius 3 is 2.61 bits per heavy atom. The van der Waals surface area contributed by atoms with Crippen LogP contribution in [-0.4, -0.2) is 23.0 Å². The number of benzene rings is 1. The van der Waals surface area contributed by atoms with Crippen molar-refractivity contribution in [1.82, 2.24) is 10.3 Å². The van der Waals surface area contributed by atoms with Gasteiger partial charge in [0.05, 0.1) is 11.3 Å². The van der Waals surface area contributed by atoms with Gasteiger partial charge in [0.1, 0.15) is 5.82 Å². The number of nitrogens with one attached hydrogen (secondary N) is 1. The van der Waals surface area contributed by atoms with E-state index in [1.165, 1.54) is 18.3 Å². The van der Waals surface area contributed by atoms with Crippen molar-refractivity contribution in [1.29, 1.82) is 0 Å². The summed E-state index contributed by atoms with van der Waals surface area (Å²) >= 11 is 0. The summed E-state index contributed by atoms with van der Waals surface area (Å²) in [5.74, 6) is -0.426. The largest absolute Gasteiger partial charge is 0.349 e. The summed E-state index contributed by atoms with van der Waals surface area (Å²) in [6, 6.07) is 10.1. The van der Waals surface area contributed by atoms with E-state index in [9.17, 15) is 9.18 Å². The fourth-order valence-corrected chi connectivity index (χ4v) is 2.88. The Kier molecular flexibility index (Phi) is 4.67. The monoisotopic (exact) mass is 313 g/mol. The number of aromatic nitrogens is 1. The summed E-state index contributed by atoms with van der Waals surface area (Å²) in [4.78, 5) is 16.5. The van der Waals surface area contributed by atoms with Gasteiger partial charge in [-0.1, -0.05) is 12.1 Å². The van der Waals surface area contributed by atoms with E-state index in [1.807, 2.05) is 0 Å². The zero-order valence-electron chi connectivity index (χ0n) is 12.8. The molecule has 1 saturated carbocycles. The third-order valence-electron chi connectivity index (χ3n) is 4.25. The van der Waals surface area contributed by atoms with E-state index < -0.39 is 0 Å². The maximum Gasteiger partial charge on any atom is 0.253 e. The number of pyridine rings is 1. The van der Waals surface area contributed by atoms with Gasteiger partial charge in [-0.25, -0.2) is 4.39 Å². The van der Waals surface area contributed by atoms with Gasteiger partial charge in [0.25, 0.3) is 5.91 Å². The average Bonchev–Trinajstić information content (AvgIpc) is 2.57. The summed E-state index contributed by atoms with van der Waals surface area (Å²) in [6.45, 7) is 0. The van der Waals surface area contributed by atoms with Crippen molar-refractivity contribution in [3.8, 4) is 11.3 Å². The van der Waals surface area contributed by atoms with Gasteiger partial charge < -0.3 is 11.1 Å². The molecule has 4 nitrogen and oxygen atoms in total. The van der Waals surface area contributed by atoms with Crippen LogP contribution in [0.3, 0.4) is 0 Å². The summed E-state index contributed by atoms with van der Waals surface area (Å²) in [7, 11) is 0. The lowest BCUT2D eigenvalue weighted by molar-refractivity contribution is 0.0925. The number of nitrogens with zero attached hydrogens (tertiary/aromatic N) is 1. The lowest BCUT2D eigenvalue weighted by Crippen LogP contribution is -2.40. The molecule has 0 spiro atoms. The lowest BCUT2D eigenvalue weighted by atomic mass is 9.91. The molecule has 1 heterocycles. The predicted molar refractivity (Wildman–Crippen MR) is 87.3 cm³/mol. The molecule has 120 valence electrons. The summed E-state index contributed by atoms with van der Waals surface area (Å²) < 4.78 is 13.2. The summed E-state index contributed by atoms with van der Waals surface area (Å²) in [5.41, 5.74) is 7.72. The van der Waals surface area contributed by atoms with Crippen LogP contribution in [0.15, 0.2) is 42.6 Å². The molecule has 2 aromatic rings. The third-order valence-corrected chi connectivity index (χ3v) is 4.25. The number of nitrogens with two attached hydrogens (primary N) is 1. The number of carbonyl (C=O) groups excluding carboxylic acids is 1. The standard InChI is InChI=1S/C18H20FN3O/c19-14-3-1-2-12(10-14)17-9-4-13(11-21-17)18(23)22-16-7-5-15(20)6-8-16/h1-4,9-11,15-16H,5-8,20H2,(H,22,23). The molecular formula is C18H20FN3O. The molecular weight excluding hydrogens is 293 g/mol. The van der Waals surface area contributed by atoms with Crippen molar-refractivity contribution in [3.05, 3.63) is 54.0 Å². The average molecular weight is 313 g/mol. The van der Waals surface area contributed by atoms with E-state index in [-0.39, 0.29) is 23.8 Å². The molecule has 0 radical (unpaired) electrons. The maximum atomic E-state index is 13.2. The number of amides is 1. The molecule has 0 atom stereocenters. The van der Waals surface area contributed by atoms with Crippen LogP contribution in [0.1, 0.15) is 36.0 Å². The van der Waals surface area contributed by atoms with Gasteiger partial charge in [0.2, 0.25) is 0 Å². The molecule has 1 amide bonds. The molecule has 23 heavy (non-hydrogen) atoms. The van der Waals surface area contributed by atoms with Crippen LogP contribution in [-0.2, 0) is 0 Å². The Hall–Kier alpha value is -2.27. The molecule has 3 rings (SSSR count). The van der Waals surface area contributed by atoms with E-state index in [0.29, 0.717) is 16.8 Å². The number of hydrogen-bond donors (Lipinski definition) is 2. The van der Waals surface area contributed by atoms with E-state index in [4.69, 9.17) is 5.73 Å². The first-order chi connectivity index (χ1) is 11.1. The van der Waals surface area contributed by atoms with Crippen molar-refractivity contribution in [3.63, 3.8) is 0 Å². The zero-order chi connectivity index (χ0) is 16.2. The number of carbonyl (C=O) groups is 1. The quantitative estimate of drug-likeness (QED) is 0.915. The van der Waals surface area contributed by atoms with Gasteiger partial charge in [-0.05, 0) is 49.9 Å². The fraction of sp³-hybridized carbons (Fsp3) is 0.333. The first-order valence-corrected chi connectivity index (χ1v) is 7.90. The molecule has 1 aliphatic carbocycles. The molecule has 0 aliphatic heterocycles. The zero-order valence-corrected chi connectivity index (χ0v) is 12.8. The predicted octanol–water partition coefficient (Wildman–Crippen LogP) is 2.89. The molecule has 1 aromatic heterocycles. The second-order valence-electron chi connectivity index (χ2n) is 6.03. The minimum absolute atomic E-state index is 0.122. The van der Waals surface area contributed by atoms with E-state index >= 15 is 0 Å².